The number of nitrogens with one attached hydrogen (secondary N) is 2. The molecule has 2 aliphatic rings. The number of carbonyl (C=O) groups excluding carboxylic acids is 1. The maximum atomic E-state index is 12.6. The van der Waals surface area contributed by atoms with Gasteiger partial charge in [-0.15, -0.1) is 0 Å². The van der Waals surface area contributed by atoms with Crippen molar-refractivity contribution in [2.75, 3.05) is 30.7 Å². The Bertz CT molecular complexity index is 1650. The lowest BCUT2D eigenvalue weighted by Crippen LogP contribution is -2.37. The molecule has 1 amide bonds. The highest BCUT2D eigenvalue weighted by Crippen LogP contribution is 2.41. The van der Waals surface area contributed by atoms with E-state index in [0.717, 1.165) is 32.1 Å². The van der Waals surface area contributed by atoms with Crippen LogP contribution in [0.25, 0.3) is 11.1 Å². The van der Waals surface area contributed by atoms with Gasteiger partial charge in [-0.2, -0.15) is 18.3 Å². The van der Waals surface area contributed by atoms with Crippen LogP contribution in [0, 0.1) is 5.92 Å². The van der Waals surface area contributed by atoms with Gasteiger partial charge in [0.2, 0.25) is 0 Å². The summed E-state index contributed by atoms with van der Waals surface area (Å²) in [5, 5.41) is 18.1. The zero-order valence-electron chi connectivity index (χ0n) is 26.1. The topological polar surface area (TPSA) is 126 Å². The third kappa shape index (κ3) is 9.43. The van der Waals surface area contributed by atoms with Crippen LogP contribution in [0.2, 0.25) is 0 Å². The van der Waals surface area contributed by atoms with E-state index < -0.39 is 12.1 Å². The minimum absolute atomic E-state index is 0.141. The average molecular weight is 649 g/mol. The molecule has 5 N–H and O–H groups in total. The number of halogens is 3. The molecule has 0 radical (unpaired) electrons. The van der Waals surface area contributed by atoms with Crippen molar-refractivity contribution in [3.05, 3.63) is 102 Å². The van der Waals surface area contributed by atoms with Crippen molar-refractivity contribution in [2.45, 2.75) is 43.9 Å². The first-order chi connectivity index (χ1) is 22.5. The molecule has 47 heavy (non-hydrogen) atoms. The largest absolute Gasteiger partial charge is 0.490 e. The van der Waals surface area contributed by atoms with Gasteiger partial charge in [0.1, 0.15) is 0 Å². The minimum atomic E-state index is -5.08. The Hall–Kier alpha value is -4.68. The van der Waals surface area contributed by atoms with E-state index in [4.69, 9.17) is 15.6 Å². The molecule has 4 aromatic rings. The molecule has 1 saturated heterocycles. The van der Waals surface area contributed by atoms with Gasteiger partial charge in [-0.25, -0.2) is 4.79 Å². The number of nitrogen functional groups attached to an aromatic ring is 1. The Morgan fingerprint density at radius 2 is 1.64 bits per heavy atom. The van der Waals surface area contributed by atoms with Crippen molar-refractivity contribution >= 4 is 23.3 Å². The number of nitrogens with two attached hydrogens (primary N) is 1. The molecule has 0 bridgehead atoms. The number of carbonyl (C=O) groups is 2. The molecule has 1 aliphatic heterocycles. The van der Waals surface area contributed by atoms with E-state index in [1.165, 1.54) is 41.5 Å². The monoisotopic (exact) mass is 648 g/mol. The number of carboxylic acids is 1. The van der Waals surface area contributed by atoms with Crippen LogP contribution in [-0.4, -0.2) is 63.5 Å². The van der Waals surface area contributed by atoms with E-state index in [0.29, 0.717) is 28.9 Å². The molecule has 3 aromatic carbocycles. The van der Waals surface area contributed by atoms with Gasteiger partial charge in [0.05, 0.1) is 17.6 Å². The van der Waals surface area contributed by atoms with Crippen molar-refractivity contribution < 1.29 is 27.9 Å². The summed E-state index contributed by atoms with van der Waals surface area (Å²) < 4.78 is 33.6. The fraction of sp³-hybridized carbons (Fsp3) is 0.343. The van der Waals surface area contributed by atoms with E-state index in [2.05, 4.69) is 63.2 Å². The van der Waals surface area contributed by atoms with Crippen molar-refractivity contribution in [1.29, 1.82) is 0 Å². The number of para-hydroxylation sites is 2. The normalized spacial score (nSPS) is 18.2. The van der Waals surface area contributed by atoms with Gasteiger partial charge < -0.3 is 21.5 Å². The third-order valence-electron chi connectivity index (χ3n) is 8.62. The minimum Gasteiger partial charge on any atom is -0.475 e. The van der Waals surface area contributed by atoms with Crippen LogP contribution >= 0.6 is 0 Å². The van der Waals surface area contributed by atoms with Crippen molar-refractivity contribution in [2.24, 2.45) is 13.0 Å². The Labute approximate surface area is 271 Å². The number of benzene rings is 3. The lowest BCUT2D eigenvalue weighted by atomic mass is 9.96. The molecular weight excluding hydrogens is 609 g/mol. The molecule has 12 heteroatoms. The van der Waals surface area contributed by atoms with Crippen molar-refractivity contribution in [1.82, 2.24) is 20.0 Å². The summed E-state index contributed by atoms with van der Waals surface area (Å²) in [6, 6.07) is 24.9. The van der Waals surface area contributed by atoms with Gasteiger partial charge in [-0.05, 0) is 85.8 Å². The van der Waals surface area contributed by atoms with Crippen LogP contribution < -0.4 is 16.4 Å². The second-order valence-electron chi connectivity index (χ2n) is 12.1. The zero-order chi connectivity index (χ0) is 33.6. The van der Waals surface area contributed by atoms with Crippen molar-refractivity contribution in [3.8, 4) is 11.1 Å². The van der Waals surface area contributed by atoms with Gasteiger partial charge >= 0.3 is 12.1 Å². The zero-order valence-corrected chi connectivity index (χ0v) is 26.1. The molecule has 1 aromatic heterocycles. The number of aliphatic carboxylic acids is 1. The number of hydrogen-bond acceptors (Lipinski definition) is 6. The number of alkyl halides is 3. The second kappa shape index (κ2) is 14.8. The highest BCUT2D eigenvalue weighted by molar-refractivity contribution is 6.05. The Morgan fingerprint density at radius 3 is 2.23 bits per heavy atom. The number of aromatic nitrogens is 2. The van der Waals surface area contributed by atoms with E-state index >= 15 is 0 Å². The molecule has 1 aliphatic carbocycles. The summed E-state index contributed by atoms with van der Waals surface area (Å²) in [4.78, 5) is 24.0. The molecule has 2 fully saturated rings. The molecule has 1 saturated carbocycles. The number of nitrogens with zero attached hydrogens (tertiary/aromatic N) is 3. The number of likely N-dealkylation sites (tertiary alicyclic amines) is 1. The lowest BCUT2D eigenvalue weighted by Gasteiger charge is -2.32. The molecule has 2 atom stereocenters. The number of piperidine rings is 1. The van der Waals surface area contributed by atoms with Crippen LogP contribution in [0.3, 0.4) is 0 Å². The summed E-state index contributed by atoms with van der Waals surface area (Å²) in [7, 11) is 1.95. The fourth-order valence-corrected chi connectivity index (χ4v) is 5.77. The summed E-state index contributed by atoms with van der Waals surface area (Å²) in [5.41, 5.74) is 12.9. The van der Waals surface area contributed by atoms with Crippen LogP contribution in [0.15, 0.2) is 85.2 Å². The van der Waals surface area contributed by atoms with Gasteiger partial charge in [-0.3, -0.25) is 14.4 Å². The van der Waals surface area contributed by atoms with Crippen LogP contribution in [0.5, 0.6) is 0 Å². The number of carboxylic acid groups (broad SMARTS) is 1. The van der Waals surface area contributed by atoms with Gasteiger partial charge in [0, 0.05) is 42.9 Å². The van der Waals surface area contributed by atoms with E-state index in [9.17, 15) is 18.0 Å². The summed E-state index contributed by atoms with van der Waals surface area (Å²) in [6.45, 7) is 4.27. The first-order valence-electron chi connectivity index (χ1n) is 15.6. The number of hydrogen-bond donors (Lipinski definition) is 4. The predicted molar refractivity (Wildman–Crippen MR) is 175 cm³/mol. The van der Waals surface area contributed by atoms with Gasteiger partial charge in [-0.1, -0.05) is 48.5 Å². The van der Waals surface area contributed by atoms with E-state index in [1.807, 2.05) is 48.3 Å². The quantitative estimate of drug-likeness (QED) is 0.166. The van der Waals surface area contributed by atoms with Gasteiger partial charge in [0.15, 0.2) is 0 Å². The highest BCUT2D eigenvalue weighted by atomic mass is 19.4. The Kier molecular flexibility index (Phi) is 10.6. The molecule has 2 unspecified atom stereocenters. The Balaban J connectivity index is 0.000000559. The first kappa shape index (κ1) is 33.7. The van der Waals surface area contributed by atoms with Crippen LogP contribution in [0.1, 0.15) is 46.7 Å². The van der Waals surface area contributed by atoms with Crippen LogP contribution in [-0.2, 0) is 18.4 Å². The standard InChI is InChI=1S/C33H38N6O.C2HF3O2/c1-38-22-28(20-36-38)25-10-12-26(13-11-25)29-18-32(29)35-19-23-14-16-39(17-15-23)21-24-6-8-27(9-7-24)33(40)37-31-5-3-2-4-30(31)34;3-2(4,5)1(6)7/h2-13,20,22-23,29,32,35H,14-19,21,34H2,1H3,(H,37,40);(H,6,7). The number of anilines is 2. The summed E-state index contributed by atoms with van der Waals surface area (Å²) >= 11 is 0. The molecule has 248 valence electrons. The predicted octanol–water partition coefficient (Wildman–Crippen LogP) is 5.91. The molecule has 2 heterocycles. The molecule has 6 rings (SSSR count). The third-order valence-corrected chi connectivity index (χ3v) is 8.62. The van der Waals surface area contributed by atoms with Gasteiger partial charge in [0.25, 0.3) is 5.91 Å². The molecular formula is C35H39F3N6O3. The smallest absolute Gasteiger partial charge is 0.475 e. The SMILES string of the molecule is Cn1cc(-c2ccc(C3CC3NCC3CCN(Cc4ccc(C(=O)Nc5ccccc5N)cc4)CC3)cc2)cn1.O=C(O)C(F)(F)F. The van der Waals surface area contributed by atoms with E-state index in [-0.39, 0.29) is 5.91 Å². The summed E-state index contributed by atoms with van der Waals surface area (Å²) in [6.07, 6.45) is 2.58. The lowest BCUT2D eigenvalue weighted by molar-refractivity contribution is -0.192. The number of amides is 1. The maximum absolute atomic E-state index is 12.6. The fourth-order valence-electron chi connectivity index (χ4n) is 5.77. The molecule has 9 nitrogen and oxygen atoms in total. The Morgan fingerprint density at radius 1 is 0.979 bits per heavy atom. The second-order valence-corrected chi connectivity index (χ2v) is 12.1. The highest BCUT2D eigenvalue weighted by Gasteiger charge is 2.39. The van der Waals surface area contributed by atoms with Crippen molar-refractivity contribution in [3.63, 3.8) is 0 Å². The van der Waals surface area contributed by atoms with Crippen LogP contribution in [0.4, 0.5) is 24.5 Å². The number of aryl methyl sites for hydroxylation is 1. The number of rotatable bonds is 9. The molecule has 0 spiro atoms. The first-order valence-corrected chi connectivity index (χ1v) is 15.6. The maximum Gasteiger partial charge on any atom is 0.490 e. The average Bonchev–Trinajstić information content (AvgIpc) is 3.71. The van der Waals surface area contributed by atoms with E-state index in [1.54, 1.807) is 6.07 Å². The summed E-state index contributed by atoms with van der Waals surface area (Å²) in [5.74, 6) is -1.52.